The number of methoxy groups -OCH3 is 1. The molecule has 2 aromatic carbocycles. The van der Waals surface area contributed by atoms with Crippen molar-refractivity contribution in [3.05, 3.63) is 59.8 Å². The molecule has 1 aromatic heterocycles. The maximum absolute atomic E-state index is 12.7. The molecule has 174 valence electrons. The normalized spacial score (nSPS) is 14.9. The molecule has 7 heteroatoms. The summed E-state index contributed by atoms with van der Waals surface area (Å²) in [4.78, 5) is 32.3. The summed E-state index contributed by atoms with van der Waals surface area (Å²) < 4.78 is 5.18. The second-order valence-corrected chi connectivity index (χ2v) is 8.79. The fourth-order valence-electron chi connectivity index (χ4n) is 4.72. The third kappa shape index (κ3) is 5.37. The van der Waals surface area contributed by atoms with E-state index in [1.807, 2.05) is 12.1 Å². The van der Waals surface area contributed by atoms with Gasteiger partial charge in [0.15, 0.2) is 0 Å². The summed E-state index contributed by atoms with van der Waals surface area (Å²) in [6, 6.07) is 15.6. The van der Waals surface area contributed by atoms with Crippen LogP contribution in [0, 0.1) is 6.92 Å². The molecule has 2 amide bonds. The third-order valence-electron chi connectivity index (χ3n) is 6.46. The van der Waals surface area contributed by atoms with Crippen molar-refractivity contribution in [2.45, 2.75) is 25.7 Å². The molecule has 0 saturated carbocycles. The number of ether oxygens (including phenoxy) is 1. The Hall–Kier alpha value is -3.32. The number of hydrogen-bond donors (Lipinski definition) is 2. The molecule has 1 aliphatic rings. The van der Waals surface area contributed by atoms with Crippen molar-refractivity contribution in [3.63, 3.8) is 0 Å². The number of carbonyl (C=O) groups is 2. The highest BCUT2D eigenvalue weighted by atomic mass is 16.5. The van der Waals surface area contributed by atoms with Crippen LogP contribution in [0.3, 0.4) is 0 Å². The number of aromatic amines is 1. The summed E-state index contributed by atoms with van der Waals surface area (Å²) >= 11 is 0. The number of aryl methyl sites for hydroxylation is 1. The zero-order valence-corrected chi connectivity index (χ0v) is 19.6. The molecular formula is C26H32N4O3. The van der Waals surface area contributed by atoms with Crippen molar-refractivity contribution in [2.75, 3.05) is 45.7 Å². The molecular weight excluding hydrogens is 416 g/mol. The number of carbonyl (C=O) groups excluding carboxylic acids is 2. The Kier molecular flexibility index (Phi) is 6.99. The van der Waals surface area contributed by atoms with Crippen LogP contribution in [0.4, 0.5) is 5.69 Å². The minimum atomic E-state index is -0.229. The number of fused-ring (bicyclic) bond motifs is 1. The largest absolute Gasteiger partial charge is 0.497 e. The van der Waals surface area contributed by atoms with Crippen LogP contribution in [-0.2, 0) is 9.59 Å². The van der Waals surface area contributed by atoms with Gasteiger partial charge in [-0.05, 0) is 62.5 Å². The molecule has 0 unspecified atom stereocenters. The lowest BCUT2D eigenvalue weighted by Gasteiger charge is -2.32. The van der Waals surface area contributed by atoms with E-state index >= 15 is 0 Å². The number of anilines is 1. The van der Waals surface area contributed by atoms with E-state index in [2.05, 4.69) is 46.4 Å². The van der Waals surface area contributed by atoms with Crippen LogP contribution < -0.4 is 10.1 Å². The van der Waals surface area contributed by atoms with E-state index in [1.54, 1.807) is 26.3 Å². The number of para-hydroxylation sites is 1. The molecule has 33 heavy (non-hydrogen) atoms. The fraction of sp³-hybridized carbons (Fsp3) is 0.385. The van der Waals surface area contributed by atoms with Gasteiger partial charge in [-0.25, -0.2) is 0 Å². The van der Waals surface area contributed by atoms with Crippen molar-refractivity contribution in [1.82, 2.24) is 14.8 Å². The number of rotatable bonds is 7. The van der Waals surface area contributed by atoms with Crippen molar-refractivity contribution < 1.29 is 14.3 Å². The summed E-state index contributed by atoms with van der Waals surface area (Å²) in [5.41, 5.74) is 4.50. The second-order valence-electron chi connectivity index (χ2n) is 8.79. The van der Waals surface area contributed by atoms with Crippen LogP contribution in [0.1, 0.15) is 30.0 Å². The maximum Gasteiger partial charge on any atom is 0.243 e. The van der Waals surface area contributed by atoms with E-state index in [0.717, 1.165) is 25.9 Å². The molecule has 1 saturated heterocycles. The first kappa shape index (κ1) is 22.9. The van der Waals surface area contributed by atoms with Gasteiger partial charge in [-0.2, -0.15) is 0 Å². The molecule has 3 aromatic rings. The second kappa shape index (κ2) is 10.1. The Balaban J connectivity index is 1.27. The minimum Gasteiger partial charge on any atom is -0.497 e. The number of nitrogens with one attached hydrogen (secondary N) is 2. The highest BCUT2D eigenvalue weighted by molar-refractivity contribution is 5.94. The predicted octanol–water partition coefficient (Wildman–Crippen LogP) is 3.76. The molecule has 7 nitrogen and oxygen atoms in total. The fourth-order valence-corrected chi connectivity index (χ4v) is 4.72. The number of hydrogen-bond acceptors (Lipinski definition) is 4. The van der Waals surface area contributed by atoms with Gasteiger partial charge in [-0.3, -0.25) is 14.5 Å². The number of likely N-dealkylation sites (tertiary alicyclic amines) is 1. The van der Waals surface area contributed by atoms with Gasteiger partial charge in [0.1, 0.15) is 5.75 Å². The van der Waals surface area contributed by atoms with Crippen LogP contribution in [0.5, 0.6) is 5.75 Å². The van der Waals surface area contributed by atoms with Gasteiger partial charge in [0.05, 0.1) is 20.2 Å². The quantitative estimate of drug-likeness (QED) is 0.577. The van der Waals surface area contributed by atoms with E-state index in [-0.39, 0.29) is 18.4 Å². The third-order valence-corrected chi connectivity index (χ3v) is 6.46. The smallest absolute Gasteiger partial charge is 0.243 e. The monoisotopic (exact) mass is 448 g/mol. The van der Waals surface area contributed by atoms with Gasteiger partial charge in [0, 0.05) is 35.4 Å². The molecule has 0 atom stereocenters. The number of piperidine rings is 1. The van der Waals surface area contributed by atoms with Gasteiger partial charge >= 0.3 is 0 Å². The van der Waals surface area contributed by atoms with E-state index in [4.69, 9.17) is 4.74 Å². The van der Waals surface area contributed by atoms with Crippen molar-refractivity contribution in [3.8, 4) is 5.75 Å². The van der Waals surface area contributed by atoms with Gasteiger partial charge < -0.3 is 19.9 Å². The van der Waals surface area contributed by atoms with E-state index in [0.29, 0.717) is 23.9 Å². The lowest BCUT2D eigenvalue weighted by atomic mass is 9.87. The number of amides is 2. The Morgan fingerprint density at radius 3 is 2.67 bits per heavy atom. The lowest BCUT2D eigenvalue weighted by Crippen LogP contribution is -2.44. The number of H-pyrrole nitrogens is 1. The zero-order chi connectivity index (χ0) is 23.4. The molecule has 2 N–H and O–H groups in total. The zero-order valence-electron chi connectivity index (χ0n) is 19.6. The molecule has 2 heterocycles. The number of benzene rings is 2. The maximum atomic E-state index is 12.7. The van der Waals surface area contributed by atoms with Crippen LogP contribution >= 0.6 is 0 Å². The average Bonchev–Trinajstić information content (AvgIpc) is 3.15. The molecule has 0 radical (unpaired) electrons. The van der Waals surface area contributed by atoms with Crippen molar-refractivity contribution >= 4 is 28.4 Å². The Morgan fingerprint density at radius 1 is 1.15 bits per heavy atom. The summed E-state index contributed by atoms with van der Waals surface area (Å²) in [5, 5.41) is 4.13. The van der Waals surface area contributed by atoms with Crippen LogP contribution in [0.15, 0.2) is 48.5 Å². The molecule has 0 aliphatic carbocycles. The first-order chi connectivity index (χ1) is 15.9. The molecule has 0 spiro atoms. The average molecular weight is 449 g/mol. The first-order valence-corrected chi connectivity index (χ1v) is 11.4. The number of nitrogens with zero attached hydrogens (tertiary/aromatic N) is 2. The Morgan fingerprint density at radius 2 is 1.91 bits per heavy atom. The van der Waals surface area contributed by atoms with Crippen molar-refractivity contribution in [1.29, 1.82) is 0 Å². The molecule has 0 bridgehead atoms. The molecule has 4 rings (SSSR count). The summed E-state index contributed by atoms with van der Waals surface area (Å²) in [5.74, 6) is 0.896. The lowest BCUT2D eigenvalue weighted by molar-refractivity contribution is -0.134. The highest BCUT2D eigenvalue weighted by Gasteiger charge is 2.26. The van der Waals surface area contributed by atoms with E-state index in [1.165, 1.54) is 27.1 Å². The SMILES string of the molecule is COc1cccc(NC(=O)CN(C)C(=O)CN2CCC(c3c(C)[nH]c4ccccc34)CC2)c1. The minimum absolute atomic E-state index is 0.0149. The van der Waals surface area contributed by atoms with Crippen molar-refractivity contribution in [2.24, 2.45) is 0 Å². The summed E-state index contributed by atoms with van der Waals surface area (Å²) in [6.45, 7) is 4.25. The van der Waals surface area contributed by atoms with Gasteiger partial charge in [0.25, 0.3) is 0 Å². The van der Waals surface area contributed by atoms with Crippen LogP contribution in [-0.4, -0.2) is 66.9 Å². The van der Waals surface area contributed by atoms with E-state index < -0.39 is 0 Å². The van der Waals surface area contributed by atoms with Crippen LogP contribution in [0.2, 0.25) is 0 Å². The number of aromatic nitrogens is 1. The Bertz CT molecular complexity index is 1130. The highest BCUT2D eigenvalue weighted by Crippen LogP contribution is 2.35. The first-order valence-electron chi connectivity index (χ1n) is 11.4. The van der Waals surface area contributed by atoms with Gasteiger partial charge in [0.2, 0.25) is 11.8 Å². The summed E-state index contributed by atoms with van der Waals surface area (Å²) in [6.07, 6.45) is 2.05. The number of likely N-dealkylation sites (N-methyl/N-ethyl adjacent to an activating group) is 1. The molecule has 1 aliphatic heterocycles. The van der Waals surface area contributed by atoms with E-state index in [9.17, 15) is 9.59 Å². The standard InChI is InChI=1S/C26H32N4O3/c1-18-26(22-9-4-5-10-23(22)27-18)19-11-13-30(14-12-19)17-25(32)29(2)16-24(31)28-20-7-6-8-21(15-20)33-3/h4-10,15,19,27H,11-14,16-17H2,1-3H3,(H,28,31). The predicted molar refractivity (Wildman–Crippen MR) is 131 cm³/mol. The van der Waals surface area contributed by atoms with Gasteiger partial charge in [-0.15, -0.1) is 0 Å². The van der Waals surface area contributed by atoms with Crippen LogP contribution in [0.25, 0.3) is 10.9 Å². The molecule has 1 fully saturated rings. The topological polar surface area (TPSA) is 77.7 Å². The summed E-state index contributed by atoms with van der Waals surface area (Å²) in [7, 11) is 3.26. The van der Waals surface area contributed by atoms with Gasteiger partial charge in [-0.1, -0.05) is 24.3 Å². The Labute approximate surface area is 194 Å².